The third-order valence-corrected chi connectivity index (χ3v) is 5.23. The maximum Gasteiger partial charge on any atom is 0.291 e. The standard InChI is InChI=1S/C19H21N3O3/c1-11-17(25-12(2)20-11)19(24)22-9-7-13(8-10-22)16-14-5-3-4-6-15(14)21-18(16)23/h3-6,13,16H,7-10H2,1-2H3,(H,21,23). The average Bonchev–Trinajstić information content (AvgIpc) is 3.12. The van der Waals surface area contributed by atoms with Crippen LogP contribution >= 0.6 is 0 Å². The molecule has 6 nitrogen and oxygen atoms in total. The monoisotopic (exact) mass is 339 g/mol. The van der Waals surface area contributed by atoms with Gasteiger partial charge in [0.15, 0.2) is 5.89 Å². The number of oxazole rings is 1. The molecule has 2 aromatic rings. The third-order valence-electron chi connectivity index (χ3n) is 5.23. The summed E-state index contributed by atoms with van der Waals surface area (Å²) in [6.07, 6.45) is 1.62. The Kier molecular flexibility index (Phi) is 3.82. The molecule has 3 heterocycles. The van der Waals surface area contributed by atoms with E-state index in [2.05, 4.69) is 10.3 Å². The second-order valence-electron chi connectivity index (χ2n) is 6.83. The number of hydrogen-bond acceptors (Lipinski definition) is 4. The molecule has 1 N–H and O–H groups in total. The number of para-hydroxylation sites is 1. The molecule has 1 saturated heterocycles. The predicted octanol–water partition coefficient (Wildman–Crippen LogP) is 2.88. The number of amides is 2. The van der Waals surface area contributed by atoms with Gasteiger partial charge < -0.3 is 14.6 Å². The number of fused-ring (bicyclic) bond motifs is 1. The number of rotatable bonds is 2. The number of aryl methyl sites for hydroxylation is 2. The molecule has 0 radical (unpaired) electrons. The number of carbonyl (C=O) groups excluding carboxylic acids is 2. The Morgan fingerprint density at radius 2 is 1.96 bits per heavy atom. The summed E-state index contributed by atoms with van der Waals surface area (Å²) < 4.78 is 5.45. The third kappa shape index (κ3) is 2.71. The van der Waals surface area contributed by atoms with Gasteiger partial charge in [-0.3, -0.25) is 9.59 Å². The first kappa shape index (κ1) is 15.9. The molecular formula is C19H21N3O3. The maximum absolute atomic E-state index is 12.6. The molecule has 25 heavy (non-hydrogen) atoms. The number of anilines is 1. The second kappa shape index (κ2) is 6.02. The van der Waals surface area contributed by atoms with Crippen LogP contribution in [0, 0.1) is 19.8 Å². The largest absolute Gasteiger partial charge is 0.436 e. The highest BCUT2D eigenvalue weighted by Gasteiger charge is 2.39. The van der Waals surface area contributed by atoms with Crippen molar-refractivity contribution in [1.82, 2.24) is 9.88 Å². The predicted molar refractivity (Wildman–Crippen MR) is 92.4 cm³/mol. The van der Waals surface area contributed by atoms with E-state index < -0.39 is 0 Å². The van der Waals surface area contributed by atoms with Gasteiger partial charge in [-0.25, -0.2) is 4.98 Å². The van der Waals surface area contributed by atoms with Gasteiger partial charge in [0.2, 0.25) is 11.7 Å². The van der Waals surface area contributed by atoms with Crippen molar-refractivity contribution in [2.24, 2.45) is 5.92 Å². The van der Waals surface area contributed by atoms with E-state index in [4.69, 9.17) is 4.42 Å². The lowest BCUT2D eigenvalue weighted by molar-refractivity contribution is -0.118. The van der Waals surface area contributed by atoms with Gasteiger partial charge in [0.25, 0.3) is 5.91 Å². The number of nitrogens with one attached hydrogen (secondary N) is 1. The van der Waals surface area contributed by atoms with Crippen molar-refractivity contribution in [3.8, 4) is 0 Å². The van der Waals surface area contributed by atoms with Crippen molar-refractivity contribution in [3.05, 3.63) is 47.2 Å². The van der Waals surface area contributed by atoms with E-state index in [0.29, 0.717) is 30.4 Å². The number of nitrogens with zero attached hydrogens (tertiary/aromatic N) is 2. The summed E-state index contributed by atoms with van der Waals surface area (Å²) in [6.45, 7) is 4.80. The van der Waals surface area contributed by atoms with Crippen LogP contribution < -0.4 is 5.32 Å². The summed E-state index contributed by atoms with van der Waals surface area (Å²) in [5.41, 5.74) is 2.64. The fraction of sp³-hybridized carbons (Fsp3) is 0.421. The zero-order valence-corrected chi connectivity index (χ0v) is 14.4. The first-order valence-electron chi connectivity index (χ1n) is 8.67. The highest BCUT2D eigenvalue weighted by atomic mass is 16.4. The van der Waals surface area contributed by atoms with Gasteiger partial charge in [-0.15, -0.1) is 0 Å². The summed E-state index contributed by atoms with van der Waals surface area (Å²) in [4.78, 5) is 31.0. The quantitative estimate of drug-likeness (QED) is 0.913. The molecule has 1 aromatic heterocycles. The topological polar surface area (TPSA) is 75.4 Å². The Balaban J connectivity index is 1.46. The zero-order valence-electron chi connectivity index (χ0n) is 14.4. The van der Waals surface area contributed by atoms with Crippen molar-refractivity contribution in [1.29, 1.82) is 0 Å². The van der Waals surface area contributed by atoms with E-state index in [1.807, 2.05) is 29.2 Å². The van der Waals surface area contributed by atoms with Crippen molar-refractivity contribution in [2.75, 3.05) is 18.4 Å². The van der Waals surface area contributed by atoms with E-state index in [-0.39, 0.29) is 23.7 Å². The molecule has 6 heteroatoms. The summed E-state index contributed by atoms with van der Waals surface area (Å²) in [5.74, 6) is 0.961. The molecule has 2 aliphatic heterocycles. The minimum atomic E-state index is -0.109. The number of benzene rings is 1. The van der Waals surface area contributed by atoms with Gasteiger partial charge in [-0.05, 0) is 37.3 Å². The molecular weight excluding hydrogens is 318 g/mol. The summed E-state index contributed by atoms with van der Waals surface area (Å²) in [6, 6.07) is 7.88. The Labute approximate surface area is 146 Å². The van der Waals surface area contributed by atoms with Crippen LogP contribution in [-0.2, 0) is 4.79 Å². The van der Waals surface area contributed by atoms with E-state index in [0.717, 1.165) is 24.1 Å². The SMILES string of the molecule is Cc1nc(C)c(C(=O)N2CCC(C3C(=O)Nc4ccccc43)CC2)o1. The summed E-state index contributed by atoms with van der Waals surface area (Å²) in [5, 5.41) is 2.97. The van der Waals surface area contributed by atoms with Crippen LogP contribution in [0.4, 0.5) is 5.69 Å². The Hall–Kier alpha value is -2.63. The number of piperidine rings is 1. The maximum atomic E-state index is 12.6. The minimum Gasteiger partial charge on any atom is -0.436 e. The van der Waals surface area contributed by atoms with Gasteiger partial charge in [-0.2, -0.15) is 0 Å². The van der Waals surface area contributed by atoms with Gasteiger partial charge in [0.05, 0.1) is 11.6 Å². The Morgan fingerprint density at radius 3 is 2.64 bits per heavy atom. The lowest BCUT2D eigenvalue weighted by atomic mass is 9.80. The minimum absolute atomic E-state index is 0.0766. The first-order valence-corrected chi connectivity index (χ1v) is 8.67. The lowest BCUT2D eigenvalue weighted by Gasteiger charge is -2.33. The average molecular weight is 339 g/mol. The molecule has 2 amide bonds. The lowest BCUT2D eigenvalue weighted by Crippen LogP contribution is -2.40. The molecule has 1 atom stereocenters. The molecule has 1 fully saturated rings. The number of likely N-dealkylation sites (tertiary alicyclic amines) is 1. The van der Waals surface area contributed by atoms with Crippen LogP contribution in [0.15, 0.2) is 28.7 Å². The van der Waals surface area contributed by atoms with Crippen LogP contribution in [-0.4, -0.2) is 34.8 Å². The number of aromatic nitrogens is 1. The van der Waals surface area contributed by atoms with Crippen LogP contribution in [0.2, 0.25) is 0 Å². The van der Waals surface area contributed by atoms with Crippen molar-refractivity contribution in [2.45, 2.75) is 32.6 Å². The molecule has 0 bridgehead atoms. The number of carbonyl (C=O) groups is 2. The van der Waals surface area contributed by atoms with E-state index >= 15 is 0 Å². The van der Waals surface area contributed by atoms with Gasteiger partial charge in [-0.1, -0.05) is 18.2 Å². The fourth-order valence-corrected chi connectivity index (χ4v) is 4.01. The second-order valence-corrected chi connectivity index (χ2v) is 6.83. The Morgan fingerprint density at radius 1 is 1.24 bits per heavy atom. The van der Waals surface area contributed by atoms with Crippen LogP contribution in [0.5, 0.6) is 0 Å². The molecule has 1 unspecified atom stereocenters. The first-order chi connectivity index (χ1) is 12.0. The molecule has 2 aliphatic rings. The zero-order chi connectivity index (χ0) is 17.6. The molecule has 130 valence electrons. The van der Waals surface area contributed by atoms with Crippen LogP contribution in [0.25, 0.3) is 0 Å². The highest BCUT2D eigenvalue weighted by Crippen LogP contribution is 2.41. The summed E-state index contributed by atoms with van der Waals surface area (Å²) >= 11 is 0. The summed E-state index contributed by atoms with van der Waals surface area (Å²) in [7, 11) is 0. The highest BCUT2D eigenvalue weighted by molar-refractivity contribution is 6.03. The van der Waals surface area contributed by atoms with Crippen molar-refractivity contribution >= 4 is 17.5 Å². The van der Waals surface area contributed by atoms with Crippen LogP contribution in [0.3, 0.4) is 0 Å². The smallest absolute Gasteiger partial charge is 0.291 e. The van der Waals surface area contributed by atoms with Crippen LogP contribution in [0.1, 0.15) is 46.5 Å². The van der Waals surface area contributed by atoms with E-state index in [9.17, 15) is 9.59 Å². The molecule has 0 spiro atoms. The van der Waals surface area contributed by atoms with E-state index in [1.54, 1.807) is 13.8 Å². The van der Waals surface area contributed by atoms with Gasteiger partial charge >= 0.3 is 0 Å². The van der Waals surface area contributed by atoms with Crippen molar-refractivity contribution < 1.29 is 14.0 Å². The molecule has 1 aromatic carbocycles. The molecule has 0 saturated carbocycles. The van der Waals surface area contributed by atoms with Gasteiger partial charge in [0.1, 0.15) is 0 Å². The number of hydrogen-bond donors (Lipinski definition) is 1. The fourth-order valence-electron chi connectivity index (χ4n) is 4.01. The van der Waals surface area contributed by atoms with E-state index in [1.165, 1.54) is 0 Å². The molecule has 0 aliphatic carbocycles. The molecule has 4 rings (SSSR count). The normalized spacial score (nSPS) is 20.5. The van der Waals surface area contributed by atoms with Gasteiger partial charge in [0, 0.05) is 25.7 Å². The van der Waals surface area contributed by atoms with Crippen molar-refractivity contribution in [3.63, 3.8) is 0 Å². The Bertz CT molecular complexity index is 834.